The third-order valence-electron chi connectivity index (χ3n) is 4.30. The molecule has 2 heterocycles. The summed E-state index contributed by atoms with van der Waals surface area (Å²) < 4.78 is 3.36. The molecule has 1 aliphatic heterocycles. The van der Waals surface area contributed by atoms with E-state index in [1.165, 1.54) is 41.7 Å². The van der Waals surface area contributed by atoms with Crippen molar-refractivity contribution < 1.29 is 0 Å². The molecule has 0 amide bonds. The van der Waals surface area contributed by atoms with E-state index in [-0.39, 0.29) is 0 Å². The van der Waals surface area contributed by atoms with Crippen molar-refractivity contribution >= 4 is 15.9 Å². The highest BCUT2D eigenvalue weighted by atomic mass is 79.9. The first-order valence-corrected chi connectivity index (χ1v) is 8.68. The minimum Gasteiger partial charge on any atom is -0.330 e. The van der Waals surface area contributed by atoms with Crippen LogP contribution in [-0.2, 0) is 19.5 Å². The zero-order valence-corrected chi connectivity index (χ0v) is 14.3. The van der Waals surface area contributed by atoms with Gasteiger partial charge in [-0.25, -0.2) is 0 Å². The van der Waals surface area contributed by atoms with E-state index in [4.69, 9.17) is 10.8 Å². The molecule has 20 heavy (non-hydrogen) atoms. The largest absolute Gasteiger partial charge is 0.330 e. The van der Waals surface area contributed by atoms with Gasteiger partial charge in [-0.3, -0.25) is 9.58 Å². The number of nitrogens with zero attached hydrogens (tertiary/aromatic N) is 3. The molecule has 5 heteroatoms. The van der Waals surface area contributed by atoms with Crippen LogP contribution in [-0.4, -0.2) is 33.8 Å². The first-order valence-electron chi connectivity index (χ1n) is 7.89. The molecule has 1 aromatic heterocycles. The van der Waals surface area contributed by atoms with Gasteiger partial charge in [0.05, 0.1) is 15.9 Å². The van der Waals surface area contributed by atoms with Gasteiger partial charge in [-0.05, 0) is 61.6 Å². The van der Waals surface area contributed by atoms with Gasteiger partial charge in [-0.1, -0.05) is 13.3 Å². The number of nitrogens with two attached hydrogens (primary N) is 1. The number of aromatic nitrogens is 2. The molecule has 0 saturated carbocycles. The minimum atomic E-state index is 0.644. The van der Waals surface area contributed by atoms with E-state index in [9.17, 15) is 0 Å². The molecule has 4 nitrogen and oxygen atoms in total. The molecule has 1 aliphatic rings. The maximum Gasteiger partial charge on any atom is 0.0767 e. The summed E-state index contributed by atoms with van der Waals surface area (Å²) >= 11 is 3.75. The molecule has 1 aromatic rings. The van der Waals surface area contributed by atoms with E-state index >= 15 is 0 Å². The zero-order chi connectivity index (χ0) is 14.5. The fourth-order valence-electron chi connectivity index (χ4n) is 3.15. The van der Waals surface area contributed by atoms with Crippen molar-refractivity contribution in [3.05, 3.63) is 15.9 Å². The molecule has 0 aliphatic carbocycles. The predicted molar refractivity (Wildman–Crippen MR) is 86.7 cm³/mol. The highest BCUT2D eigenvalue weighted by molar-refractivity contribution is 9.10. The van der Waals surface area contributed by atoms with Crippen LogP contribution in [0.25, 0.3) is 0 Å². The first-order chi connectivity index (χ1) is 9.71. The maximum atomic E-state index is 5.77. The molecule has 114 valence electrons. The normalized spacial score (nSPS) is 20.5. The van der Waals surface area contributed by atoms with E-state index in [2.05, 4.69) is 39.4 Å². The summed E-state index contributed by atoms with van der Waals surface area (Å²) in [4.78, 5) is 2.60. The van der Waals surface area contributed by atoms with Crippen LogP contribution in [0.15, 0.2) is 4.47 Å². The van der Waals surface area contributed by atoms with Crippen molar-refractivity contribution in [3.8, 4) is 0 Å². The molecule has 1 fully saturated rings. The maximum absolute atomic E-state index is 5.77. The lowest BCUT2D eigenvalue weighted by Gasteiger charge is -2.35. The third kappa shape index (κ3) is 3.43. The van der Waals surface area contributed by atoms with Crippen LogP contribution in [0.5, 0.6) is 0 Å². The van der Waals surface area contributed by atoms with Gasteiger partial charge in [0.25, 0.3) is 0 Å². The van der Waals surface area contributed by atoms with Crippen LogP contribution < -0.4 is 5.73 Å². The molecular formula is C15H27BrN4. The molecule has 0 spiro atoms. The molecule has 0 radical (unpaired) electrons. The second kappa shape index (κ2) is 7.57. The summed E-state index contributed by atoms with van der Waals surface area (Å²) in [6.07, 6.45) is 6.02. The van der Waals surface area contributed by atoms with E-state index < -0.39 is 0 Å². The zero-order valence-electron chi connectivity index (χ0n) is 12.7. The molecule has 1 atom stereocenters. The Labute approximate surface area is 130 Å². The van der Waals surface area contributed by atoms with Gasteiger partial charge in [-0.15, -0.1) is 0 Å². The van der Waals surface area contributed by atoms with Crippen molar-refractivity contribution in [1.29, 1.82) is 0 Å². The number of hydrogen-bond donors (Lipinski definition) is 1. The Balaban J connectivity index is 2.17. The molecular weight excluding hydrogens is 316 g/mol. The first kappa shape index (κ1) is 16.0. The Bertz CT molecular complexity index is 428. The quantitative estimate of drug-likeness (QED) is 0.864. The summed E-state index contributed by atoms with van der Waals surface area (Å²) in [6, 6.07) is 0.644. The Kier molecular flexibility index (Phi) is 6.05. The van der Waals surface area contributed by atoms with Crippen molar-refractivity contribution in [1.82, 2.24) is 14.7 Å². The Morgan fingerprint density at radius 3 is 2.80 bits per heavy atom. The third-order valence-corrected chi connectivity index (χ3v) is 5.21. The number of likely N-dealkylation sites (tertiary alicyclic amines) is 1. The smallest absolute Gasteiger partial charge is 0.0767 e. The van der Waals surface area contributed by atoms with E-state index in [0.29, 0.717) is 6.04 Å². The predicted octanol–water partition coefficient (Wildman–Crippen LogP) is 2.93. The second-order valence-electron chi connectivity index (χ2n) is 5.57. The molecule has 2 N–H and O–H groups in total. The topological polar surface area (TPSA) is 47.1 Å². The Morgan fingerprint density at radius 2 is 2.15 bits per heavy atom. The van der Waals surface area contributed by atoms with Crippen LogP contribution in [0, 0.1) is 0 Å². The molecule has 1 unspecified atom stereocenters. The summed E-state index contributed by atoms with van der Waals surface area (Å²) in [5.74, 6) is 0. The van der Waals surface area contributed by atoms with Gasteiger partial charge in [0.1, 0.15) is 0 Å². The average Bonchev–Trinajstić information content (AvgIpc) is 2.77. The lowest BCUT2D eigenvalue weighted by atomic mass is 9.99. The van der Waals surface area contributed by atoms with E-state index in [1.807, 2.05) is 0 Å². The minimum absolute atomic E-state index is 0.644. The highest BCUT2D eigenvalue weighted by Crippen LogP contribution is 2.27. The van der Waals surface area contributed by atoms with E-state index in [0.717, 1.165) is 32.5 Å². The van der Waals surface area contributed by atoms with Gasteiger partial charge in [-0.2, -0.15) is 5.10 Å². The molecule has 1 saturated heterocycles. The van der Waals surface area contributed by atoms with E-state index in [1.54, 1.807) is 0 Å². The summed E-state index contributed by atoms with van der Waals surface area (Å²) in [7, 11) is 0. The number of aryl methyl sites for hydroxylation is 2. The lowest BCUT2D eigenvalue weighted by Crippen LogP contribution is -2.40. The average molecular weight is 343 g/mol. The van der Waals surface area contributed by atoms with Gasteiger partial charge in [0.15, 0.2) is 0 Å². The number of halogens is 1. The Hall–Kier alpha value is -0.390. The number of hydrogen-bond acceptors (Lipinski definition) is 3. The fraction of sp³-hybridized carbons (Fsp3) is 0.800. The van der Waals surface area contributed by atoms with Crippen LogP contribution in [0.2, 0.25) is 0 Å². The fourth-order valence-corrected chi connectivity index (χ4v) is 3.84. The van der Waals surface area contributed by atoms with Crippen molar-refractivity contribution in [2.75, 3.05) is 13.1 Å². The molecule has 2 rings (SSSR count). The SMILES string of the molecule is CCc1nn(CC)c(CN2CCCCC2CCN)c1Br. The summed E-state index contributed by atoms with van der Waals surface area (Å²) in [6.45, 7) is 8.23. The highest BCUT2D eigenvalue weighted by Gasteiger charge is 2.24. The standard InChI is InChI=1S/C15H27BrN4/c1-3-13-15(16)14(20(4-2)18-13)11-19-10-6-5-7-12(19)8-9-17/h12H,3-11,17H2,1-2H3. The van der Waals surface area contributed by atoms with Crippen LogP contribution in [0.1, 0.15) is 50.9 Å². The van der Waals surface area contributed by atoms with Gasteiger partial charge >= 0.3 is 0 Å². The second-order valence-corrected chi connectivity index (χ2v) is 6.37. The summed E-state index contributed by atoms with van der Waals surface area (Å²) in [5, 5.41) is 4.70. The van der Waals surface area contributed by atoms with Crippen molar-refractivity contribution in [2.24, 2.45) is 5.73 Å². The number of rotatable bonds is 6. The van der Waals surface area contributed by atoms with Gasteiger partial charge in [0.2, 0.25) is 0 Å². The van der Waals surface area contributed by atoms with Gasteiger partial charge < -0.3 is 5.73 Å². The number of piperidine rings is 1. The van der Waals surface area contributed by atoms with Crippen LogP contribution in [0.3, 0.4) is 0 Å². The molecule has 0 aromatic carbocycles. The lowest BCUT2D eigenvalue weighted by molar-refractivity contribution is 0.130. The monoisotopic (exact) mass is 342 g/mol. The molecule has 0 bridgehead atoms. The summed E-state index contributed by atoms with van der Waals surface area (Å²) in [5.41, 5.74) is 8.28. The van der Waals surface area contributed by atoms with Crippen LogP contribution in [0.4, 0.5) is 0 Å². The van der Waals surface area contributed by atoms with Gasteiger partial charge in [0, 0.05) is 19.1 Å². The van der Waals surface area contributed by atoms with Crippen molar-refractivity contribution in [3.63, 3.8) is 0 Å². The van der Waals surface area contributed by atoms with Crippen LogP contribution >= 0.6 is 15.9 Å². The Morgan fingerprint density at radius 1 is 1.35 bits per heavy atom. The van der Waals surface area contributed by atoms with Crippen molar-refractivity contribution in [2.45, 2.75) is 65.1 Å².